The van der Waals surface area contributed by atoms with Crippen LogP contribution in [0.2, 0.25) is 0 Å². The van der Waals surface area contributed by atoms with Gasteiger partial charge in [-0.15, -0.1) is 0 Å². The van der Waals surface area contributed by atoms with Crippen molar-refractivity contribution in [2.24, 2.45) is 11.8 Å². The first kappa shape index (κ1) is 8.41. The molecule has 0 bridgehead atoms. The summed E-state index contributed by atoms with van der Waals surface area (Å²) in [5.41, 5.74) is 0. The minimum atomic E-state index is 0.0763. The van der Waals surface area contributed by atoms with Crippen LogP contribution < -0.4 is 0 Å². The van der Waals surface area contributed by atoms with E-state index in [1.165, 1.54) is 0 Å². The molecule has 9 heavy (non-hydrogen) atoms. The van der Waals surface area contributed by atoms with Gasteiger partial charge >= 0.3 is 0 Å². The summed E-state index contributed by atoms with van der Waals surface area (Å²) in [7, 11) is 0. The zero-order valence-corrected chi connectivity index (χ0v) is 6.29. The quantitative estimate of drug-likeness (QED) is 0.417. The van der Waals surface area contributed by atoms with E-state index in [2.05, 4.69) is 13.8 Å². The van der Waals surface area contributed by atoms with Gasteiger partial charge in [0.2, 0.25) is 0 Å². The molecule has 0 aliphatic rings. The molecule has 1 heteroatoms. The SMILES string of the molecule is CC(C)/C=C/C(C)C=O. The topological polar surface area (TPSA) is 17.1 Å². The van der Waals surface area contributed by atoms with Crippen LogP contribution >= 0.6 is 0 Å². The summed E-state index contributed by atoms with van der Waals surface area (Å²) in [5.74, 6) is 0.625. The van der Waals surface area contributed by atoms with Gasteiger partial charge in [0.05, 0.1) is 0 Å². The molecule has 0 aliphatic carbocycles. The van der Waals surface area contributed by atoms with Crippen molar-refractivity contribution in [1.82, 2.24) is 0 Å². The number of hydrogen-bond acceptors (Lipinski definition) is 1. The van der Waals surface area contributed by atoms with Crippen LogP contribution in [-0.4, -0.2) is 6.29 Å². The lowest BCUT2D eigenvalue weighted by Gasteiger charge is -1.94. The number of allylic oxidation sites excluding steroid dienone is 2. The van der Waals surface area contributed by atoms with Crippen molar-refractivity contribution in [2.75, 3.05) is 0 Å². The minimum Gasteiger partial charge on any atom is -0.303 e. The Labute approximate surface area is 56.8 Å². The molecule has 1 nitrogen and oxygen atoms in total. The van der Waals surface area contributed by atoms with E-state index in [-0.39, 0.29) is 5.92 Å². The zero-order valence-electron chi connectivity index (χ0n) is 6.29. The Morgan fingerprint density at radius 2 is 1.67 bits per heavy atom. The van der Waals surface area contributed by atoms with Crippen LogP contribution in [0.1, 0.15) is 20.8 Å². The van der Waals surface area contributed by atoms with Crippen LogP contribution in [0.5, 0.6) is 0 Å². The normalized spacial score (nSPS) is 14.7. The summed E-state index contributed by atoms with van der Waals surface area (Å²) < 4.78 is 0. The van der Waals surface area contributed by atoms with Crippen molar-refractivity contribution >= 4 is 6.29 Å². The van der Waals surface area contributed by atoms with E-state index in [9.17, 15) is 4.79 Å². The van der Waals surface area contributed by atoms with Gasteiger partial charge in [-0.3, -0.25) is 0 Å². The first-order valence-electron chi connectivity index (χ1n) is 3.30. The van der Waals surface area contributed by atoms with Crippen molar-refractivity contribution in [1.29, 1.82) is 0 Å². The highest BCUT2D eigenvalue weighted by molar-refractivity contribution is 5.55. The molecule has 1 unspecified atom stereocenters. The summed E-state index contributed by atoms with van der Waals surface area (Å²) in [5, 5.41) is 0. The molecule has 0 aromatic heterocycles. The Hall–Kier alpha value is -0.590. The molecule has 0 N–H and O–H groups in total. The van der Waals surface area contributed by atoms with E-state index in [1.54, 1.807) is 0 Å². The largest absolute Gasteiger partial charge is 0.303 e. The number of rotatable bonds is 3. The minimum absolute atomic E-state index is 0.0763. The van der Waals surface area contributed by atoms with Crippen molar-refractivity contribution in [2.45, 2.75) is 20.8 Å². The van der Waals surface area contributed by atoms with Gasteiger partial charge in [0.25, 0.3) is 0 Å². The molecule has 0 aromatic carbocycles. The van der Waals surface area contributed by atoms with Crippen molar-refractivity contribution in [3.63, 3.8) is 0 Å². The second-order valence-electron chi connectivity index (χ2n) is 2.62. The lowest BCUT2D eigenvalue weighted by atomic mass is 10.1. The predicted octanol–water partition coefficient (Wildman–Crippen LogP) is 2.03. The van der Waals surface area contributed by atoms with Crippen molar-refractivity contribution in [3.05, 3.63) is 12.2 Å². The molecular weight excluding hydrogens is 112 g/mol. The van der Waals surface area contributed by atoms with Crippen LogP contribution in [-0.2, 0) is 4.79 Å². The molecule has 0 aliphatic heterocycles. The molecular formula is C8H14O. The van der Waals surface area contributed by atoms with Gasteiger partial charge < -0.3 is 4.79 Å². The summed E-state index contributed by atoms with van der Waals surface area (Å²) >= 11 is 0. The third kappa shape index (κ3) is 5.28. The van der Waals surface area contributed by atoms with E-state index >= 15 is 0 Å². The lowest BCUT2D eigenvalue weighted by Crippen LogP contribution is -1.89. The fraction of sp³-hybridized carbons (Fsp3) is 0.625. The number of hydrogen-bond donors (Lipinski definition) is 0. The highest BCUT2D eigenvalue weighted by Gasteiger charge is 1.90. The average Bonchev–Trinajstić information content (AvgIpc) is 1.83. The molecule has 0 rings (SSSR count). The van der Waals surface area contributed by atoms with Gasteiger partial charge in [-0.05, 0) is 5.92 Å². The Morgan fingerprint density at radius 3 is 2.00 bits per heavy atom. The second kappa shape index (κ2) is 4.30. The van der Waals surface area contributed by atoms with Crippen molar-refractivity contribution in [3.8, 4) is 0 Å². The van der Waals surface area contributed by atoms with Crippen LogP contribution in [0.3, 0.4) is 0 Å². The third-order valence-corrected chi connectivity index (χ3v) is 1.01. The van der Waals surface area contributed by atoms with E-state index in [0.717, 1.165) is 6.29 Å². The standard InChI is InChI=1S/C8H14O/c1-7(2)4-5-8(3)6-9/h4-8H,1-3H3/b5-4+. The van der Waals surface area contributed by atoms with E-state index < -0.39 is 0 Å². The number of aldehydes is 1. The lowest BCUT2D eigenvalue weighted by molar-refractivity contribution is -0.109. The number of carbonyl (C=O) groups is 1. The molecule has 52 valence electrons. The molecule has 0 saturated carbocycles. The summed E-state index contributed by atoms with van der Waals surface area (Å²) in [6, 6.07) is 0. The zero-order chi connectivity index (χ0) is 7.28. The number of carbonyl (C=O) groups excluding carboxylic acids is 1. The van der Waals surface area contributed by atoms with E-state index in [0.29, 0.717) is 5.92 Å². The van der Waals surface area contributed by atoms with E-state index in [1.807, 2.05) is 19.1 Å². The Bertz CT molecular complexity index is 103. The molecule has 0 fully saturated rings. The molecule has 0 heterocycles. The van der Waals surface area contributed by atoms with Crippen LogP contribution in [0, 0.1) is 11.8 Å². The van der Waals surface area contributed by atoms with Gasteiger partial charge in [0.15, 0.2) is 0 Å². The Morgan fingerprint density at radius 1 is 1.11 bits per heavy atom. The maximum atomic E-state index is 10.1. The van der Waals surface area contributed by atoms with Crippen molar-refractivity contribution < 1.29 is 4.79 Å². The second-order valence-corrected chi connectivity index (χ2v) is 2.62. The highest BCUT2D eigenvalue weighted by atomic mass is 16.1. The predicted molar refractivity (Wildman–Crippen MR) is 39.2 cm³/mol. The summed E-state index contributed by atoms with van der Waals surface area (Å²) in [6.07, 6.45) is 4.91. The van der Waals surface area contributed by atoms with Gasteiger partial charge in [0, 0.05) is 5.92 Å². The highest BCUT2D eigenvalue weighted by Crippen LogP contribution is 1.98. The van der Waals surface area contributed by atoms with Gasteiger partial charge in [-0.25, -0.2) is 0 Å². The summed E-state index contributed by atoms with van der Waals surface area (Å²) in [4.78, 5) is 10.1. The first-order chi connectivity index (χ1) is 4.16. The molecule has 0 spiro atoms. The smallest absolute Gasteiger partial charge is 0.126 e. The molecule has 0 saturated heterocycles. The van der Waals surface area contributed by atoms with Crippen LogP contribution in [0.25, 0.3) is 0 Å². The van der Waals surface area contributed by atoms with Crippen LogP contribution in [0.4, 0.5) is 0 Å². The average molecular weight is 126 g/mol. The maximum Gasteiger partial charge on any atom is 0.126 e. The maximum absolute atomic E-state index is 10.1. The Kier molecular flexibility index (Phi) is 4.02. The van der Waals surface area contributed by atoms with E-state index in [4.69, 9.17) is 0 Å². The monoisotopic (exact) mass is 126 g/mol. The molecule has 0 aromatic rings. The fourth-order valence-corrected chi connectivity index (χ4v) is 0.443. The first-order valence-corrected chi connectivity index (χ1v) is 3.30. The Balaban J connectivity index is 3.56. The van der Waals surface area contributed by atoms with Gasteiger partial charge in [-0.1, -0.05) is 32.9 Å². The third-order valence-electron chi connectivity index (χ3n) is 1.01. The van der Waals surface area contributed by atoms with Crippen LogP contribution in [0.15, 0.2) is 12.2 Å². The summed E-state index contributed by atoms with van der Waals surface area (Å²) in [6.45, 7) is 6.06. The molecule has 1 atom stereocenters. The van der Waals surface area contributed by atoms with Gasteiger partial charge in [0.1, 0.15) is 6.29 Å². The molecule has 0 amide bonds. The molecule has 0 radical (unpaired) electrons. The van der Waals surface area contributed by atoms with Gasteiger partial charge in [-0.2, -0.15) is 0 Å². The fourth-order valence-electron chi connectivity index (χ4n) is 0.443.